The second-order valence-corrected chi connectivity index (χ2v) is 5.88. The monoisotopic (exact) mass is 316 g/mol. The van der Waals surface area contributed by atoms with Gasteiger partial charge in [0.05, 0.1) is 19.3 Å². The molecule has 6 nitrogen and oxygen atoms in total. The summed E-state index contributed by atoms with van der Waals surface area (Å²) in [6.07, 6.45) is -0.555. The summed E-state index contributed by atoms with van der Waals surface area (Å²) < 4.78 is 72.9. The van der Waals surface area contributed by atoms with Crippen molar-refractivity contribution in [2.45, 2.75) is 37.0 Å². The lowest BCUT2D eigenvalue weighted by Gasteiger charge is -2.25. The van der Waals surface area contributed by atoms with Crippen LogP contribution in [0.4, 0.5) is 13.2 Å². The Morgan fingerprint density at radius 3 is 2.55 bits per heavy atom. The second kappa shape index (κ2) is 4.92. The first-order chi connectivity index (χ1) is 9.15. The number of halogens is 3. The molecule has 0 aromatic carbocycles. The average molecular weight is 316 g/mol. The summed E-state index contributed by atoms with van der Waals surface area (Å²) >= 11 is 0. The van der Waals surface area contributed by atoms with E-state index in [4.69, 9.17) is 4.74 Å². The summed E-state index contributed by atoms with van der Waals surface area (Å²) in [4.78, 5) is 11.6. The number of alkyl halides is 3. The number of hydrogen-bond donors (Lipinski definition) is 0. The molecular weight excluding hydrogens is 305 g/mol. The van der Waals surface area contributed by atoms with Gasteiger partial charge in [-0.05, 0) is 12.8 Å². The van der Waals surface area contributed by atoms with Gasteiger partial charge in [-0.15, -0.1) is 0 Å². The van der Waals surface area contributed by atoms with Crippen molar-refractivity contribution in [1.29, 1.82) is 0 Å². The molecule has 0 N–H and O–H groups in total. The fourth-order valence-electron chi connectivity index (χ4n) is 2.18. The Balaban J connectivity index is 2.38. The molecule has 2 aliphatic heterocycles. The maximum absolute atomic E-state index is 12.3. The van der Waals surface area contributed by atoms with Crippen molar-refractivity contribution in [3.8, 4) is 0 Å². The summed E-state index contributed by atoms with van der Waals surface area (Å²) in [6, 6.07) is 0. The largest absolute Gasteiger partial charge is 0.534 e. The van der Waals surface area contributed by atoms with E-state index < -0.39 is 39.6 Å². The van der Waals surface area contributed by atoms with Crippen molar-refractivity contribution in [1.82, 2.24) is 0 Å². The summed E-state index contributed by atoms with van der Waals surface area (Å²) in [7, 11) is -4.78. The molecule has 2 unspecified atom stereocenters. The van der Waals surface area contributed by atoms with Gasteiger partial charge < -0.3 is 13.7 Å². The molecule has 1 fully saturated rings. The van der Waals surface area contributed by atoms with E-state index in [9.17, 15) is 26.4 Å². The van der Waals surface area contributed by atoms with Crippen LogP contribution in [0.3, 0.4) is 0 Å². The number of ether oxygens (including phenoxy) is 2. The molecular formula is C10H11F3O6S. The van der Waals surface area contributed by atoms with Crippen molar-refractivity contribution in [2.24, 2.45) is 0 Å². The van der Waals surface area contributed by atoms with Crippen LogP contribution in [0.5, 0.6) is 0 Å². The van der Waals surface area contributed by atoms with Crippen LogP contribution in [0.2, 0.25) is 0 Å². The van der Waals surface area contributed by atoms with Crippen LogP contribution < -0.4 is 0 Å². The third-order valence-corrected chi connectivity index (χ3v) is 4.03. The Kier molecular flexibility index (Phi) is 3.71. The van der Waals surface area contributed by atoms with E-state index in [0.29, 0.717) is 12.8 Å². The third-order valence-electron chi connectivity index (χ3n) is 3.04. The lowest BCUT2D eigenvalue weighted by Crippen LogP contribution is -2.32. The molecule has 114 valence electrons. The summed E-state index contributed by atoms with van der Waals surface area (Å²) in [5.74, 6) is -1.50. The first-order valence-corrected chi connectivity index (χ1v) is 7.04. The predicted octanol–water partition coefficient (Wildman–Crippen LogP) is 1.23. The topological polar surface area (TPSA) is 78.9 Å². The number of esters is 1. The molecule has 2 rings (SSSR count). The van der Waals surface area contributed by atoms with Crippen molar-refractivity contribution in [3.05, 3.63) is 11.3 Å². The fourth-order valence-corrected chi connectivity index (χ4v) is 2.70. The van der Waals surface area contributed by atoms with E-state index in [0.717, 1.165) is 7.11 Å². The van der Waals surface area contributed by atoms with Gasteiger partial charge in [0, 0.05) is 6.42 Å². The zero-order valence-electron chi connectivity index (χ0n) is 10.3. The fraction of sp³-hybridized carbons (Fsp3) is 0.700. The number of rotatable bonds is 3. The zero-order valence-corrected chi connectivity index (χ0v) is 11.1. The lowest BCUT2D eigenvalue weighted by molar-refractivity contribution is -0.138. The normalized spacial score (nSPS) is 26.6. The molecule has 2 bridgehead atoms. The zero-order chi connectivity index (χ0) is 15.1. The number of hydrogen-bond acceptors (Lipinski definition) is 6. The Morgan fingerprint density at radius 2 is 2.00 bits per heavy atom. The molecule has 0 spiro atoms. The van der Waals surface area contributed by atoms with Crippen LogP contribution in [-0.2, 0) is 28.6 Å². The molecule has 0 aromatic rings. The molecule has 2 atom stereocenters. The lowest BCUT2D eigenvalue weighted by atomic mass is 10.1. The summed E-state index contributed by atoms with van der Waals surface area (Å²) in [6.45, 7) is 0. The second-order valence-electron chi connectivity index (χ2n) is 4.34. The minimum absolute atomic E-state index is 0.212. The minimum Gasteiger partial charge on any atom is -0.465 e. The molecule has 0 amide bonds. The quantitative estimate of drug-likeness (QED) is 0.443. The van der Waals surface area contributed by atoms with Gasteiger partial charge in [0.1, 0.15) is 11.3 Å². The number of carbonyl (C=O) groups excluding carboxylic acids is 1. The van der Waals surface area contributed by atoms with Crippen molar-refractivity contribution in [3.63, 3.8) is 0 Å². The van der Waals surface area contributed by atoms with Crippen LogP contribution in [0.15, 0.2) is 11.3 Å². The van der Waals surface area contributed by atoms with Crippen molar-refractivity contribution < 1.29 is 40.0 Å². The highest BCUT2D eigenvalue weighted by Crippen LogP contribution is 2.39. The van der Waals surface area contributed by atoms with Crippen LogP contribution in [0.25, 0.3) is 0 Å². The Bertz CT molecular complexity index is 550. The Labute approximate surface area is 112 Å². The van der Waals surface area contributed by atoms with E-state index in [2.05, 4.69) is 8.92 Å². The standard InChI is InChI=1S/C10H11F3O6S/c1-17-9(14)8-6-3-2-5(18-6)4-7(8)19-20(15,16)10(11,12)13/h5-6H,2-4H2,1H3. The minimum atomic E-state index is -5.81. The first-order valence-electron chi connectivity index (χ1n) is 5.63. The van der Waals surface area contributed by atoms with Crippen LogP contribution in [-0.4, -0.2) is 39.2 Å². The highest BCUT2D eigenvalue weighted by molar-refractivity contribution is 7.87. The van der Waals surface area contributed by atoms with Gasteiger partial charge >= 0.3 is 21.6 Å². The predicted molar refractivity (Wildman–Crippen MR) is 57.6 cm³/mol. The number of methoxy groups -OCH3 is 1. The van der Waals surface area contributed by atoms with E-state index in [1.54, 1.807) is 0 Å². The van der Waals surface area contributed by atoms with Gasteiger partial charge in [0.2, 0.25) is 0 Å². The Hall–Kier alpha value is -1.29. The molecule has 0 radical (unpaired) electrons. The molecule has 0 saturated carbocycles. The smallest absolute Gasteiger partial charge is 0.465 e. The first kappa shape index (κ1) is 15.1. The van der Waals surface area contributed by atoms with Crippen LogP contribution in [0, 0.1) is 0 Å². The highest BCUT2D eigenvalue weighted by atomic mass is 32.2. The maximum atomic E-state index is 12.3. The van der Waals surface area contributed by atoms with E-state index in [-0.39, 0.29) is 12.0 Å². The Morgan fingerprint density at radius 1 is 1.35 bits per heavy atom. The van der Waals surface area contributed by atoms with E-state index in [1.807, 2.05) is 0 Å². The van der Waals surface area contributed by atoms with Crippen molar-refractivity contribution >= 4 is 16.1 Å². The molecule has 0 aliphatic carbocycles. The molecule has 20 heavy (non-hydrogen) atoms. The summed E-state index contributed by atoms with van der Waals surface area (Å²) in [5.41, 5.74) is -5.85. The third kappa shape index (κ3) is 2.62. The highest BCUT2D eigenvalue weighted by Gasteiger charge is 2.51. The van der Waals surface area contributed by atoms with Crippen LogP contribution >= 0.6 is 0 Å². The van der Waals surface area contributed by atoms with Gasteiger partial charge in [0.15, 0.2) is 0 Å². The van der Waals surface area contributed by atoms with E-state index >= 15 is 0 Å². The van der Waals surface area contributed by atoms with Gasteiger partial charge in [-0.2, -0.15) is 21.6 Å². The van der Waals surface area contributed by atoms with Gasteiger partial charge in [-0.1, -0.05) is 0 Å². The number of carbonyl (C=O) groups is 1. The summed E-state index contributed by atoms with van der Waals surface area (Å²) in [5, 5.41) is 0. The molecule has 2 aliphatic rings. The van der Waals surface area contributed by atoms with Gasteiger partial charge in [-0.3, -0.25) is 0 Å². The SMILES string of the molecule is COC(=O)C1=C(OS(=O)(=O)C(F)(F)F)CC2CCC1O2. The van der Waals surface area contributed by atoms with Gasteiger partial charge in [0.25, 0.3) is 0 Å². The molecule has 2 heterocycles. The van der Waals surface area contributed by atoms with Crippen molar-refractivity contribution in [2.75, 3.05) is 7.11 Å². The van der Waals surface area contributed by atoms with Gasteiger partial charge in [-0.25, -0.2) is 4.79 Å². The average Bonchev–Trinajstić information content (AvgIpc) is 2.69. The van der Waals surface area contributed by atoms with E-state index in [1.165, 1.54) is 0 Å². The number of fused-ring (bicyclic) bond motifs is 2. The van der Waals surface area contributed by atoms with Crippen LogP contribution in [0.1, 0.15) is 19.3 Å². The molecule has 1 saturated heterocycles. The maximum Gasteiger partial charge on any atom is 0.534 e. The molecule has 10 heteroatoms. The molecule has 0 aromatic heterocycles.